The number of fused-ring (bicyclic) bond motifs is 1. The molecule has 0 unspecified atom stereocenters. The van der Waals surface area contributed by atoms with E-state index in [0.717, 1.165) is 17.8 Å². The maximum Gasteiger partial charge on any atom is 0.271 e. The van der Waals surface area contributed by atoms with E-state index in [-0.39, 0.29) is 12.7 Å². The number of benzene rings is 3. The van der Waals surface area contributed by atoms with Gasteiger partial charge in [-0.05, 0) is 53.6 Å². The Labute approximate surface area is 162 Å². The highest BCUT2D eigenvalue weighted by atomic mass is 16.7. The van der Waals surface area contributed by atoms with Crippen molar-refractivity contribution in [2.75, 3.05) is 12.1 Å². The summed E-state index contributed by atoms with van der Waals surface area (Å²) in [7, 11) is 0. The van der Waals surface area contributed by atoms with Gasteiger partial charge in [0.25, 0.3) is 5.91 Å². The Morgan fingerprint density at radius 1 is 0.964 bits per heavy atom. The van der Waals surface area contributed by atoms with Crippen molar-refractivity contribution in [2.24, 2.45) is 5.10 Å². The first kappa shape index (κ1) is 17.6. The van der Waals surface area contributed by atoms with E-state index in [1.807, 2.05) is 48.5 Å². The SMILES string of the molecule is O=C(NN=Cc1ccc2c(c1)OCO2)c1ccc(NCc2ccccc2)cc1. The van der Waals surface area contributed by atoms with E-state index in [1.54, 1.807) is 18.3 Å². The Kier molecular flexibility index (Phi) is 5.20. The van der Waals surface area contributed by atoms with Crippen molar-refractivity contribution in [3.63, 3.8) is 0 Å². The molecule has 0 aliphatic carbocycles. The quantitative estimate of drug-likeness (QED) is 0.509. The van der Waals surface area contributed by atoms with Gasteiger partial charge in [-0.1, -0.05) is 30.3 Å². The number of hydrogen-bond acceptors (Lipinski definition) is 5. The fraction of sp³-hybridized carbons (Fsp3) is 0.0909. The highest BCUT2D eigenvalue weighted by Crippen LogP contribution is 2.31. The van der Waals surface area contributed by atoms with Gasteiger partial charge in [-0.2, -0.15) is 5.10 Å². The van der Waals surface area contributed by atoms with Gasteiger partial charge in [-0.25, -0.2) is 5.43 Å². The number of nitrogens with zero attached hydrogens (tertiary/aromatic N) is 1. The van der Waals surface area contributed by atoms with Crippen LogP contribution < -0.4 is 20.2 Å². The van der Waals surface area contributed by atoms with Crippen LogP contribution in [-0.2, 0) is 6.54 Å². The van der Waals surface area contributed by atoms with Crippen LogP contribution in [0.5, 0.6) is 11.5 Å². The van der Waals surface area contributed by atoms with E-state index < -0.39 is 0 Å². The molecule has 1 heterocycles. The molecule has 140 valence electrons. The largest absolute Gasteiger partial charge is 0.454 e. The molecule has 6 heteroatoms. The number of hydrogen-bond donors (Lipinski definition) is 2. The van der Waals surface area contributed by atoms with E-state index in [1.165, 1.54) is 5.56 Å². The molecule has 0 atom stereocenters. The fourth-order valence-corrected chi connectivity index (χ4v) is 2.76. The summed E-state index contributed by atoms with van der Waals surface area (Å²) < 4.78 is 10.6. The summed E-state index contributed by atoms with van der Waals surface area (Å²) >= 11 is 0. The zero-order valence-electron chi connectivity index (χ0n) is 15.1. The van der Waals surface area contributed by atoms with Crippen LogP contribution in [0.3, 0.4) is 0 Å². The molecule has 3 aromatic carbocycles. The van der Waals surface area contributed by atoms with Gasteiger partial charge in [0, 0.05) is 17.8 Å². The molecule has 0 radical (unpaired) electrons. The highest BCUT2D eigenvalue weighted by Gasteiger charge is 2.12. The smallest absolute Gasteiger partial charge is 0.271 e. The van der Waals surface area contributed by atoms with Crippen LogP contribution in [0.2, 0.25) is 0 Å². The van der Waals surface area contributed by atoms with Gasteiger partial charge in [0.15, 0.2) is 11.5 Å². The molecule has 0 bridgehead atoms. The van der Waals surface area contributed by atoms with Crippen LogP contribution in [0.1, 0.15) is 21.5 Å². The van der Waals surface area contributed by atoms with Gasteiger partial charge in [0.1, 0.15) is 0 Å². The van der Waals surface area contributed by atoms with Crippen LogP contribution >= 0.6 is 0 Å². The molecule has 1 amide bonds. The Balaban J connectivity index is 1.31. The molecule has 0 saturated heterocycles. The van der Waals surface area contributed by atoms with Crippen LogP contribution in [0.4, 0.5) is 5.69 Å². The first-order chi connectivity index (χ1) is 13.8. The fourth-order valence-electron chi connectivity index (χ4n) is 2.76. The molecule has 2 N–H and O–H groups in total. The molecule has 1 aliphatic rings. The summed E-state index contributed by atoms with van der Waals surface area (Å²) in [6.07, 6.45) is 1.57. The van der Waals surface area contributed by atoms with Crippen molar-refractivity contribution in [3.8, 4) is 11.5 Å². The lowest BCUT2D eigenvalue weighted by molar-refractivity contribution is 0.0955. The van der Waals surface area contributed by atoms with Gasteiger partial charge in [0.2, 0.25) is 6.79 Å². The van der Waals surface area contributed by atoms with Crippen molar-refractivity contribution < 1.29 is 14.3 Å². The van der Waals surface area contributed by atoms with E-state index in [4.69, 9.17) is 9.47 Å². The molecule has 0 saturated carbocycles. The summed E-state index contributed by atoms with van der Waals surface area (Å²) in [5.41, 5.74) is 6.02. The third kappa shape index (κ3) is 4.29. The number of carbonyl (C=O) groups is 1. The maximum absolute atomic E-state index is 12.2. The predicted molar refractivity (Wildman–Crippen MR) is 108 cm³/mol. The summed E-state index contributed by atoms with van der Waals surface area (Å²) in [6, 6.07) is 22.9. The van der Waals surface area contributed by atoms with Gasteiger partial charge in [-0.3, -0.25) is 4.79 Å². The van der Waals surface area contributed by atoms with Gasteiger partial charge in [-0.15, -0.1) is 0 Å². The van der Waals surface area contributed by atoms with E-state index in [2.05, 4.69) is 28.0 Å². The van der Waals surface area contributed by atoms with Crippen LogP contribution in [0.25, 0.3) is 0 Å². The van der Waals surface area contributed by atoms with Crippen molar-refractivity contribution in [2.45, 2.75) is 6.54 Å². The Morgan fingerprint density at radius 2 is 1.75 bits per heavy atom. The average Bonchev–Trinajstić information content (AvgIpc) is 3.21. The van der Waals surface area contributed by atoms with Crippen molar-refractivity contribution in [3.05, 3.63) is 89.5 Å². The Hall–Kier alpha value is -3.80. The number of rotatable bonds is 6. The normalized spacial score (nSPS) is 12.1. The minimum Gasteiger partial charge on any atom is -0.454 e. The number of carbonyl (C=O) groups excluding carboxylic acids is 1. The molecule has 0 fully saturated rings. The number of ether oxygens (including phenoxy) is 2. The second kappa shape index (κ2) is 8.26. The van der Waals surface area contributed by atoms with Gasteiger partial charge >= 0.3 is 0 Å². The molecule has 1 aliphatic heterocycles. The third-order valence-corrected chi connectivity index (χ3v) is 4.26. The zero-order chi connectivity index (χ0) is 19.2. The Bertz CT molecular complexity index is 986. The monoisotopic (exact) mass is 373 g/mol. The summed E-state index contributed by atoms with van der Waals surface area (Å²) in [5, 5.41) is 7.33. The molecule has 3 aromatic rings. The second-order valence-corrected chi connectivity index (χ2v) is 6.23. The number of amides is 1. The topological polar surface area (TPSA) is 72.0 Å². The summed E-state index contributed by atoms with van der Waals surface area (Å²) in [5.74, 6) is 1.11. The molecular weight excluding hydrogens is 354 g/mol. The first-order valence-electron chi connectivity index (χ1n) is 8.89. The Morgan fingerprint density at radius 3 is 2.57 bits per heavy atom. The lowest BCUT2D eigenvalue weighted by Crippen LogP contribution is -2.17. The van der Waals surface area contributed by atoms with Gasteiger partial charge in [0.05, 0.1) is 6.21 Å². The first-order valence-corrected chi connectivity index (χ1v) is 8.89. The molecule has 0 aromatic heterocycles. The molecule has 0 spiro atoms. The lowest BCUT2D eigenvalue weighted by Gasteiger charge is -2.07. The predicted octanol–water partition coefficient (Wildman–Crippen LogP) is 3.79. The van der Waals surface area contributed by atoms with E-state index >= 15 is 0 Å². The maximum atomic E-state index is 12.2. The van der Waals surface area contributed by atoms with Crippen molar-refractivity contribution >= 4 is 17.8 Å². The number of nitrogens with one attached hydrogen (secondary N) is 2. The van der Waals surface area contributed by atoms with Crippen LogP contribution in [-0.4, -0.2) is 18.9 Å². The lowest BCUT2D eigenvalue weighted by atomic mass is 10.2. The second-order valence-electron chi connectivity index (χ2n) is 6.23. The standard InChI is InChI=1S/C22H19N3O3/c26-22(25-24-14-17-6-11-20-21(12-17)28-15-27-20)18-7-9-19(10-8-18)23-13-16-4-2-1-3-5-16/h1-12,14,23H,13,15H2,(H,25,26). The van der Waals surface area contributed by atoms with Gasteiger partial charge < -0.3 is 14.8 Å². The van der Waals surface area contributed by atoms with E-state index in [9.17, 15) is 4.79 Å². The minimum absolute atomic E-state index is 0.225. The molecule has 28 heavy (non-hydrogen) atoms. The average molecular weight is 373 g/mol. The number of hydrazone groups is 1. The van der Waals surface area contributed by atoms with Crippen molar-refractivity contribution in [1.29, 1.82) is 0 Å². The van der Waals surface area contributed by atoms with Crippen molar-refractivity contribution in [1.82, 2.24) is 5.43 Å². The number of anilines is 1. The van der Waals surface area contributed by atoms with Crippen LogP contribution in [0, 0.1) is 0 Å². The molecular formula is C22H19N3O3. The minimum atomic E-state index is -0.272. The highest BCUT2D eigenvalue weighted by molar-refractivity contribution is 5.95. The van der Waals surface area contributed by atoms with E-state index in [0.29, 0.717) is 17.1 Å². The molecule has 6 nitrogen and oxygen atoms in total. The summed E-state index contributed by atoms with van der Waals surface area (Å²) in [6.45, 7) is 0.953. The zero-order valence-corrected chi connectivity index (χ0v) is 15.1. The summed E-state index contributed by atoms with van der Waals surface area (Å²) in [4.78, 5) is 12.2. The molecule has 4 rings (SSSR count). The third-order valence-electron chi connectivity index (χ3n) is 4.26. The van der Waals surface area contributed by atoms with Crippen LogP contribution in [0.15, 0.2) is 77.9 Å².